The summed E-state index contributed by atoms with van der Waals surface area (Å²) in [6, 6.07) is 31.4. The van der Waals surface area contributed by atoms with Crippen molar-refractivity contribution < 1.29 is 23.8 Å². The van der Waals surface area contributed by atoms with E-state index in [2.05, 4.69) is 67.2 Å². The maximum Gasteiger partial charge on any atom is 0.339 e. The number of benzene rings is 3. The van der Waals surface area contributed by atoms with Crippen molar-refractivity contribution >= 4 is 30.4 Å². The molecule has 184 valence electrons. The standard InChI is InChI=1S/C30H30O5Si/c1-21(31)34-27-20-30(36(3,23-15-9-5-10-16-23)24-17-11-6-12-18-24)25(22-13-7-4-8-14-22)19-26(35-30)28(27)29(32)33-2/h4-18,25-26H,19-20H2,1-3H3/t25-,26-,30-/m0/s1. The molecule has 0 saturated carbocycles. The number of methoxy groups -OCH3 is 1. The Bertz CT molecular complexity index is 1250. The third kappa shape index (κ3) is 3.81. The highest BCUT2D eigenvalue weighted by Gasteiger charge is 2.66. The first-order chi connectivity index (χ1) is 17.4. The van der Waals surface area contributed by atoms with Gasteiger partial charge in [0.15, 0.2) is 8.07 Å². The van der Waals surface area contributed by atoms with Gasteiger partial charge in [0.05, 0.1) is 18.4 Å². The second-order valence-electron chi connectivity index (χ2n) is 9.65. The summed E-state index contributed by atoms with van der Waals surface area (Å²) in [5.74, 6) is -0.619. The Balaban J connectivity index is 1.80. The maximum atomic E-state index is 12.9. The zero-order valence-corrected chi connectivity index (χ0v) is 21.8. The van der Waals surface area contributed by atoms with Crippen LogP contribution in [0.4, 0.5) is 0 Å². The van der Waals surface area contributed by atoms with Gasteiger partial charge in [0.25, 0.3) is 0 Å². The third-order valence-electron chi connectivity index (χ3n) is 7.83. The first kappa shape index (κ1) is 24.2. The molecule has 0 aliphatic carbocycles. The fourth-order valence-electron chi connectivity index (χ4n) is 6.20. The first-order valence-electron chi connectivity index (χ1n) is 12.2. The monoisotopic (exact) mass is 498 g/mol. The average Bonchev–Trinajstić information content (AvgIpc) is 3.23. The van der Waals surface area contributed by atoms with Crippen LogP contribution < -0.4 is 10.4 Å². The van der Waals surface area contributed by atoms with Crippen LogP contribution >= 0.6 is 0 Å². The Morgan fingerprint density at radius 1 is 0.889 bits per heavy atom. The van der Waals surface area contributed by atoms with Crippen LogP contribution in [0.1, 0.15) is 31.2 Å². The van der Waals surface area contributed by atoms with E-state index in [-0.39, 0.29) is 5.92 Å². The molecule has 3 atom stereocenters. The minimum Gasteiger partial charge on any atom is -0.465 e. The van der Waals surface area contributed by atoms with Crippen molar-refractivity contribution in [1.82, 2.24) is 0 Å². The predicted octanol–water partition coefficient (Wildman–Crippen LogP) is 4.12. The summed E-state index contributed by atoms with van der Waals surface area (Å²) in [7, 11) is -1.38. The van der Waals surface area contributed by atoms with Crippen molar-refractivity contribution in [2.75, 3.05) is 7.11 Å². The van der Waals surface area contributed by atoms with E-state index in [4.69, 9.17) is 14.2 Å². The van der Waals surface area contributed by atoms with Gasteiger partial charge in [-0.3, -0.25) is 4.79 Å². The van der Waals surface area contributed by atoms with E-state index in [0.717, 1.165) is 5.56 Å². The van der Waals surface area contributed by atoms with E-state index in [0.29, 0.717) is 24.2 Å². The normalized spacial score (nSPS) is 23.3. The van der Waals surface area contributed by atoms with Crippen LogP contribution in [-0.4, -0.2) is 38.5 Å². The van der Waals surface area contributed by atoms with Crippen LogP contribution in [-0.2, 0) is 23.8 Å². The second kappa shape index (κ2) is 9.52. The van der Waals surface area contributed by atoms with Gasteiger partial charge in [0.2, 0.25) is 0 Å². The highest BCUT2D eigenvalue weighted by atomic mass is 28.3. The third-order valence-corrected chi connectivity index (χ3v) is 13.1. The van der Waals surface area contributed by atoms with E-state index >= 15 is 0 Å². The van der Waals surface area contributed by atoms with Gasteiger partial charge in [-0.25, -0.2) is 4.79 Å². The molecule has 0 N–H and O–H groups in total. The van der Waals surface area contributed by atoms with E-state index in [1.807, 2.05) is 30.3 Å². The number of ether oxygens (including phenoxy) is 3. The highest BCUT2D eigenvalue weighted by Crippen LogP contribution is 2.56. The lowest BCUT2D eigenvalue weighted by Crippen LogP contribution is -2.73. The Labute approximate surface area is 212 Å². The smallest absolute Gasteiger partial charge is 0.339 e. The Kier molecular flexibility index (Phi) is 6.41. The molecule has 2 aliphatic heterocycles. The molecule has 0 unspecified atom stereocenters. The number of esters is 2. The van der Waals surface area contributed by atoms with E-state index in [9.17, 15) is 9.59 Å². The zero-order valence-electron chi connectivity index (χ0n) is 20.8. The lowest BCUT2D eigenvalue weighted by Gasteiger charge is -2.50. The van der Waals surface area contributed by atoms with Crippen molar-refractivity contribution in [2.45, 2.75) is 43.6 Å². The van der Waals surface area contributed by atoms with Crippen molar-refractivity contribution in [2.24, 2.45) is 0 Å². The van der Waals surface area contributed by atoms with Crippen LogP contribution in [0, 0.1) is 0 Å². The molecule has 0 radical (unpaired) electrons. The summed E-state index contributed by atoms with van der Waals surface area (Å²) in [6.07, 6.45) is 0.367. The van der Waals surface area contributed by atoms with Crippen molar-refractivity contribution in [3.8, 4) is 0 Å². The van der Waals surface area contributed by atoms with Crippen molar-refractivity contribution in [3.05, 3.63) is 108 Å². The van der Waals surface area contributed by atoms with E-state index < -0.39 is 31.3 Å². The van der Waals surface area contributed by atoms with Crippen molar-refractivity contribution in [3.63, 3.8) is 0 Å². The summed E-state index contributed by atoms with van der Waals surface area (Å²) >= 11 is 0. The molecule has 1 fully saturated rings. The molecule has 3 aromatic rings. The van der Waals surface area contributed by atoms with Crippen LogP contribution in [0.5, 0.6) is 0 Å². The molecule has 5 rings (SSSR count). The van der Waals surface area contributed by atoms with Crippen LogP contribution in [0.25, 0.3) is 0 Å². The van der Waals surface area contributed by atoms with Gasteiger partial charge in [0, 0.05) is 19.3 Å². The number of rotatable bonds is 6. The summed E-state index contributed by atoms with van der Waals surface area (Å²) < 4.78 is 18.0. The summed E-state index contributed by atoms with van der Waals surface area (Å²) in [5, 5.41) is 1.74. The van der Waals surface area contributed by atoms with Gasteiger partial charge >= 0.3 is 11.9 Å². The van der Waals surface area contributed by atoms with Gasteiger partial charge in [0.1, 0.15) is 11.3 Å². The molecule has 36 heavy (non-hydrogen) atoms. The van der Waals surface area contributed by atoms with Gasteiger partial charge in [-0.1, -0.05) is 108 Å². The molecule has 2 bridgehead atoms. The summed E-state index contributed by atoms with van der Waals surface area (Å²) in [4.78, 5) is 25.2. The minimum atomic E-state index is -2.72. The van der Waals surface area contributed by atoms with Crippen LogP contribution in [0.3, 0.4) is 0 Å². The van der Waals surface area contributed by atoms with Gasteiger partial charge in [-0.2, -0.15) is 0 Å². The second-order valence-corrected chi connectivity index (χ2v) is 13.9. The molecule has 0 amide bonds. The summed E-state index contributed by atoms with van der Waals surface area (Å²) in [6.45, 7) is 3.70. The number of hydrogen-bond acceptors (Lipinski definition) is 5. The van der Waals surface area contributed by atoms with Gasteiger partial charge in [-0.15, -0.1) is 0 Å². The fraction of sp³-hybridized carbons (Fsp3) is 0.267. The number of carbonyl (C=O) groups excluding carboxylic acids is 2. The maximum absolute atomic E-state index is 12.9. The quantitative estimate of drug-likeness (QED) is 0.378. The van der Waals surface area contributed by atoms with E-state index in [1.165, 1.54) is 24.4 Å². The topological polar surface area (TPSA) is 61.8 Å². The molecule has 1 saturated heterocycles. The minimum absolute atomic E-state index is 0.0199. The SMILES string of the molecule is COC(=O)C1=C(OC(C)=O)C[C@@]2([Si](C)(c3ccccc3)c3ccccc3)O[C@H]1C[C@H]2c1ccccc1. The molecule has 2 aliphatic rings. The molecule has 0 aromatic heterocycles. The molecule has 5 nitrogen and oxygen atoms in total. The average molecular weight is 499 g/mol. The predicted molar refractivity (Wildman–Crippen MR) is 141 cm³/mol. The number of hydrogen-bond donors (Lipinski definition) is 0. The van der Waals surface area contributed by atoms with Gasteiger partial charge < -0.3 is 14.2 Å². The van der Waals surface area contributed by atoms with Crippen LogP contribution in [0.2, 0.25) is 6.55 Å². The molecule has 6 heteroatoms. The Hall–Kier alpha value is -3.48. The lowest BCUT2D eigenvalue weighted by molar-refractivity contribution is -0.142. The summed E-state index contributed by atoms with van der Waals surface area (Å²) in [5.41, 5.74) is 1.47. The molecular weight excluding hydrogens is 468 g/mol. The van der Waals surface area contributed by atoms with Crippen molar-refractivity contribution in [1.29, 1.82) is 0 Å². The number of fused-ring (bicyclic) bond motifs is 2. The van der Waals surface area contributed by atoms with E-state index in [1.54, 1.807) is 0 Å². The Morgan fingerprint density at radius 3 is 1.92 bits per heavy atom. The lowest BCUT2D eigenvalue weighted by atomic mass is 9.90. The number of carbonyl (C=O) groups is 2. The fourth-order valence-corrected chi connectivity index (χ4v) is 11.1. The Morgan fingerprint density at radius 2 is 1.42 bits per heavy atom. The van der Waals surface area contributed by atoms with Crippen LogP contribution in [0.15, 0.2) is 102 Å². The highest BCUT2D eigenvalue weighted by molar-refractivity contribution is 7.03. The largest absolute Gasteiger partial charge is 0.465 e. The molecule has 2 heterocycles. The molecule has 0 spiro atoms. The van der Waals surface area contributed by atoms with Gasteiger partial charge in [-0.05, 0) is 12.0 Å². The molecular formula is C30H30O5Si. The zero-order chi connectivity index (χ0) is 25.3. The first-order valence-corrected chi connectivity index (χ1v) is 14.7. The molecule has 3 aromatic carbocycles.